The number of nitriles is 1. The van der Waals surface area contributed by atoms with E-state index >= 15 is 0 Å². The highest BCUT2D eigenvalue weighted by molar-refractivity contribution is 6.39. The molecule has 108 valence electrons. The van der Waals surface area contributed by atoms with Crippen LogP contribution in [-0.4, -0.2) is 11.2 Å². The second kappa shape index (κ2) is 7.12. The maximum absolute atomic E-state index is 8.84. The van der Waals surface area contributed by atoms with Crippen molar-refractivity contribution in [2.75, 3.05) is 0 Å². The van der Waals surface area contributed by atoms with E-state index in [0.717, 1.165) is 0 Å². The van der Waals surface area contributed by atoms with Crippen molar-refractivity contribution < 1.29 is 0 Å². The van der Waals surface area contributed by atoms with Crippen LogP contribution in [0.1, 0.15) is 11.1 Å². The van der Waals surface area contributed by atoms with E-state index in [1.54, 1.807) is 0 Å². The van der Waals surface area contributed by atoms with E-state index in [-0.39, 0.29) is 26.4 Å². The molecule has 0 radical (unpaired) electrons. The van der Waals surface area contributed by atoms with Crippen molar-refractivity contribution in [3.05, 3.63) is 61.2 Å². The Kier molecular flexibility index (Phi) is 5.21. The number of aliphatic imine (C=N–C) groups is 1. The Morgan fingerprint density at radius 2 is 1.82 bits per heavy atom. The van der Waals surface area contributed by atoms with Gasteiger partial charge in [0, 0.05) is 29.1 Å². The number of hydrogen-bond donors (Lipinski definition) is 0. The van der Waals surface area contributed by atoms with Gasteiger partial charge in [-0.3, -0.25) is 9.98 Å². The molecule has 0 fully saturated rings. The average molecular weight is 352 g/mol. The van der Waals surface area contributed by atoms with Gasteiger partial charge in [0.15, 0.2) is 0 Å². The maximum atomic E-state index is 8.84. The third-order valence-electron chi connectivity index (χ3n) is 2.52. The van der Waals surface area contributed by atoms with Crippen LogP contribution in [0.4, 0.5) is 11.4 Å². The van der Waals surface area contributed by atoms with Crippen LogP contribution in [0.3, 0.4) is 0 Å². The number of pyridine rings is 1. The van der Waals surface area contributed by atoms with Crippen LogP contribution < -0.4 is 0 Å². The molecule has 6 nitrogen and oxygen atoms in total. The van der Waals surface area contributed by atoms with Crippen LogP contribution in [0, 0.1) is 11.3 Å². The van der Waals surface area contributed by atoms with Gasteiger partial charge in [-0.2, -0.15) is 5.26 Å². The molecule has 0 atom stereocenters. The number of benzene rings is 1. The van der Waals surface area contributed by atoms with Crippen LogP contribution in [-0.2, 0) is 0 Å². The molecule has 2 rings (SSSR count). The fraction of sp³-hybridized carbons (Fsp3) is 0. The molecule has 0 spiro atoms. The van der Waals surface area contributed by atoms with E-state index in [1.807, 2.05) is 6.07 Å². The predicted molar refractivity (Wildman–Crippen MR) is 86.5 cm³/mol. The van der Waals surface area contributed by atoms with E-state index in [9.17, 15) is 0 Å². The van der Waals surface area contributed by atoms with Crippen molar-refractivity contribution >= 4 is 52.4 Å². The predicted octanol–water partition coefficient (Wildman–Crippen LogP) is 5.61. The first kappa shape index (κ1) is 16.1. The summed E-state index contributed by atoms with van der Waals surface area (Å²) in [5.41, 5.74) is 9.78. The first-order chi connectivity index (χ1) is 10.6. The van der Waals surface area contributed by atoms with E-state index in [1.165, 1.54) is 30.7 Å². The van der Waals surface area contributed by atoms with Crippen molar-refractivity contribution in [1.29, 1.82) is 5.26 Å². The fourth-order valence-electron chi connectivity index (χ4n) is 1.58. The molecule has 0 amide bonds. The Hall–Kier alpha value is -2.29. The lowest BCUT2D eigenvalue weighted by atomic mass is 10.2. The van der Waals surface area contributed by atoms with Crippen molar-refractivity contribution in [2.45, 2.75) is 0 Å². The van der Waals surface area contributed by atoms with Crippen LogP contribution in [0.15, 0.2) is 34.6 Å². The van der Waals surface area contributed by atoms with Gasteiger partial charge in [-0.05, 0) is 17.7 Å². The van der Waals surface area contributed by atoms with Gasteiger partial charge in [0.1, 0.15) is 5.69 Å². The summed E-state index contributed by atoms with van der Waals surface area (Å²) in [5, 5.41) is 13.0. The molecule has 9 heteroatoms. The molecule has 0 bridgehead atoms. The van der Waals surface area contributed by atoms with Crippen LogP contribution in [0.5, 0.6) is 0 Å². The lowest BCUT2D eigenvalue weighted by Gasteiger charge is -2.03. The number of rotatable bonds is 3. The Labute approximate surface area is 140 Å². The zero-order valence-electron chi connectivity index (χ0n) is 10.7. The smallest absolute Gasteiger partial charge is 0.100 e. The summed E-state index contributed by atoms with van der Waals surface area (Å²) in [6.45, 7) is 0. The summed E-state index contributed by atoms with van der Waals surface area (Å²) < 4.78 is 0. The molecule has 1 aromatic carbocycles. The quantitative estimate of drug-likeness (QED) is 0.311. The third kappa shape index (κ3) is 3.48. The van der Waals surface area contributed by atoms with Gasteiger partial charge in [0.05, 0.1) is 32.4 Å². The number of halogens is 3. The molecule has 0 N–H and O–H groups in total. The van der Waals surface area contributed by atoms with Crippen molar-refractivity contribution in [1.82, 2.24) is 4.98 Å². The fourth-order valence-corrected chi connectivity index (χ4v) is 2.36. The standard InChI is InChI=1S/C13H5Cl3N6/c14-9-1-7(3-17)2-10(15)13(9)20-5-8-4-19-6-11(16)12(8)21-22-18/h1-2,4-6H. The van der Waals surface area contributed by atoms with E-state index < -0.39 is 0 Å². The van der Waals surface area contributed by atoms with Gasteiger partial charge >= 0.3 is 0 Å². The second-order valence-electron chi connectivity index (χ2n) is 3.91. The summed E-state index contributed by atoms with van der Waals surface area (Å²) in [7, 11) is 0. The molecule has 1 aromatic heterocycles. The largest absolute Gasteiger partial charge is 0.262 e. The molecular formula is C13H5Cl3N6. The minimum Gasteiger partial charge on any atom is -0.262 e. The lowest BCUT2D eigenvalue weighted by Crippen LogP contribution is -1.86. The Morgan fingerprint density at radius 3 is 2.41 bits per heavy atom. The number of nitrogens with zero attached hydrogens (tertiary/aromatic N) is 6. The van der Waals surface area contributed by atoms with Crippen molar-refractivity contribution in [2.24, 2.45) is 10.1 Å². The van der Waals surface area contributed by atoms with E-state index in [2.05, 4.69) is 20.0 Å². The zero-order valence-corrected chi connectivity index (χ0v) is 13.0. The Bertz CT molecular complexity index is 826. The van der Waals surface area contributed by atoms with Crippen LogP contribution in [0.2, 0.25) is 15.1 Å². The third-order valence-corrected chi connectivity index (χ3v) is 3.38. The van der Waals surface area contributed by atoms with Crippen LogP contribution in [0.25, 0.3) is 10.4 Å². The summed E-state index contributed by atoms with van der Waals surface area (Å²) in [6, 6.07) is 4.84. The molecule has 0 aliphatic rings. The Morgan fingerprint density at radius 1 is 1.14 bits per heavy atom. The molecule has 22 heavy (non-hydrogen) atoms. The SMILES string of the molecule is N#Cc1cc(Cl)c(N=Cc2cncc(Cl)c2N=[N+]=[N-])c(Cl)c1. The molecule has 0 aliphatic carbocycles. The number of azide groups is 1. The second-order valence-corrected chi connectivity index (χ2v) is 5.13. The monoisotopic (exact) mass is 350 g/mol. The van der Waals surface area contributed by atoms with Crippen molar-refractivity contribution in [3.8, 4) is 6.07 Å². The zero-order chi connectivity index (χ0) is 16.1. The topological polar surface area (TPSA) is 97.8 Å². The highest BCUT2D eigenvalue weighted by Gasteiger charge is 2.08. The molecule has 0 saturated heterocycles. The normalized spacial score (nSPS) is 10.3. The van der Waals surface area contributed by atoms with Gasteiger partial charge in [-0.1, -0.05) is 39.9 Å². The van der Waals surface area contributed by atoms with Gasteiger partial charge in [0.25, 0.3) is 0 Å². The van der Waals surface area contributed by atoms with Gasteiger partial charge in [-0.15, -0.1) is 0 Å². The highest BCUT2D eigenvalue weighted by Crippen LogP contribution is 2.35. The molecule has 0 saturated carbocycles. The summed E-state index contributed by atoms with van der Waals surface area (Å²) in [5.74, 6) is 0. The summed E-state index contributed by atoms with van der Waals surface area (Å²) in [4.78, 5) is 10.8. The van der Waals surface area contributed by atoms with E-state index in [4.69, 9.17) is 45.6 Å². The van der Waals surface area contributed by atoms with Crippen molar-refractivity contribution in [3.63, 3.8) is 0 Å². The lowest BCUT2D eigenvalue weighted by molar-refractivity contribution is 1.29. The molecule has 0 aliphatic heterocycles. The summed E-state index contributed by atoms with van der Waals surface area (Å²) in [6.07, 6.45) is 4.16. The number of hydrogen-bond acceptors (Lipinski definition) is 4. The molecule has 2 aromatic rings. The number of aromatic nitrogens is 1. The first-order valence-electron chi connectivity index (χ1n) is 5.68. The average Bonchev–Trinajstić information content (AvgIpc) is 2.49. The van der Waals surface area contributed by atoms with Crippen LogP contribution >= 0.6 is 34.8 Å². The highest BCUT2D eigenvalue weighted by atomic mass is 35.5. The minimum absolute atomic E-state index is 0.193. The molecule has 0 unspecified atom stereocenters. The minimum atomic E-state index is 0.193. The molecule has 1 heterocycles. The van der Waals surface area contributed by atoms with Gasteiger partial charge < -0.3 is 0 Å². The Balaban J connectivity index is 2.49. The maximum Gasteiger partial charge on any atom is 0.100 e. The van der Waals surface area contributed by atoms with E-state index in [0.29, 0.717) is 11.1 Å². The van der Waals surface area contributed by atoms with Gasteiger partial charge in [0.2, 0.25) is 0 Å². The summed E-state index contributed by atoms with van der Waals surface area (Å²) >= 11 is 18.0. The first-order valence-corrected chi connectivity index (χ1v) is 6.82. The molecular weight excluding hydrogens is 347 g/mol. The van der Waals surface area contributed by atoms with Gasteiger partial charge in [-0.25, -0.2) is 0 Å².